The Morgan fingerprint density at radius 3 is 1.75 bits per heavy atom. The van der Waals surface area contributed by atoms with Gasteiger partial charge in [0.05, 0.1) is 14.2 Å². The van der Waals surface area contributed by atoms with E-state index in [1.165, 1.54) is 0 Å². The summed E-state index contributed by atoms with van der Waals surface area (Å²) in [7, 11) is 2.23. The smallest absolute Gasteiger partial charge is 0.338 e. The number of esters is 2. The molecule has 70 valence electrons. The molecule has 0 aliphatic heterocycles. The molecule has 0 bridgehead atoms. The lowest BCUT2D eigenvalue weighted by molar-refractivity contribution is -0.160. The van der Waals surface area contributed by atoms with E-state index in [-0.39, 0.29) is 6.54 Å². The molecule has 0 unspecified atom stereocenters. The first-order chi connectivity index (χ1) is 5.52. The SMILES string of the molecule is COC(=O)C(N)(CN)C(=O)OC. The first-order valence-electron chi connectivity index (χ1n) is 3.18. The van der Waals surface area contributed by atoms with Gasteiger partial charge in [0.15, 0.2) is 0 Å². The Morgan fingerprint density at radius 2 is 1.58 bits per heavy atom. The van der Waals surface area contributed by atoms with Crippen molar-refractivity contribution in [3.05, 3.63) is 0 Å². The van der Waals surface area contributed by atoms with E-state index in [2.05, 4.69) is 9.47 Å². The quantitative estimate of drug-likeness (QED) is 0.380. The first-order valence-corrected chi connectivity index (χ1v) is 3.18. The molecule has 0 saturated carbocycles. The lowest BCUT2D eigenvalue weighted by Crippen LogP contribution is -2.61. The van der Waals surface area contributed by atoms with Crippen molar-refractivity contribution in [1.29, 1.82) is 0 Å². The topological polar surface area (TPSA) is 105 Å². The molecule has 0 aromatic heterocycles. The number of methoxy groups -OCH3 is 2. The standard InChI is InChI=1S/C6H12N2O4/c1-11-4(9)6(8,3-7)5(10)12-2/h3,7-8H2,1-2H3. The van der Waals surface area contributed by atoms with Crippen LogP contribution in [0.2, 0.25) is 0 Å². The summed E-state index contributed by atoms with van der Waals surface area (Å²) in [4.78, 5) is 21.9. The normalized spacial score (nSPS) is 10.7. The second-order valence-corrected chi connectivity index (χ2v) is 2.16. The molecule has 0 rings (SSSR count). The first kappa shape index (κ1) is 10.9. The molecule has 6 heteroatoms. The third-order valence-electron chi connectivity index (χ3n) is 1.42. The van der Waals surface area contributed by atoms with E-state index < -0.39 is 17.5 Å². The molecule has 0 aromatic rings. The maximum Gasteiger partial charge on any atom is 0.338 e. The minimum atomic E-state index is -1.89. The highest BCUT2D eigenvalue weighted by Crippen LogP contribution is 2.03. The van der Waals surface area contributed by atoms with Crippen LogP contribution in [0.15, 0.2) is 0 Å². The lowest BCUT2D eigenvalue weighted by atomic mass is 10.0. The van der Waals surface area contributed by atoms with Crippen molar-refractivity contribution in [3.8, 4) is 0 Å². The minimum absolute atomic E-state index is 0.355. The molecule has 0 amide bonds. The van der Waals surface area contributed by atoms with Gasteiger partial charge in [-0.3, -0.25) is 0 Å². The minimum Gasteiger partial charge on any atom is -0.467 e. The Labute approximate surface area is 69.8 Å². The van der Waals surface area contributed by atoms with Crippen LogP contribution in [0.25, 0.3) is 0 Å². The fourth-order valence-corrected chi connectivity index (χ4v) is 0.614. The molecule has 4 N–H and O–H groups in total. The summed E-state index contributed by atoms with van der Waals surface area (Å²) in [5.41, 5.74) is 8.58. The highest BCUT2D eigenvalue weighted by Gasteiger charge is 2.43. The Balaban J connectivity index is 4.66. The van der Waals surface area contributed by atoms with Gasteiger partial charge in [0, 0.05) is 6.54 Å². The van der Waals surface area contributed by atoms with Crippen molar-refractivity contribution >= 4 is 11.9 Å². The third kappa shape index (κ3) is 1.72. The zero-order chi connectivity index (χ0) is 9.78. The van der Waals surface area contributed by atoms with Crippen LogP contribution in [0.4, 0.5) is 0 Å². The van der Waals surface area contributed by atoms with Gasteiger partial charge in [-0.1, -0.05) is 0 Å². The number of nitrogens with two attached hydrogens (primary N) is 2. The van der Waals surface area contributed by atoms with E-state index in [1.54, 1.807) is 0 Å². The Morgan fingerprint density at radius 1 is 1.25 bits per heavy atom. The number of carbonyl (C=O) groups is 2. The van der Waals surface area contributed by atoms with Crippen molar-refractivity contribution in [2.24, 2.45) is 11.5 Å². The maximum absolute atomic E-state index is 10.9. The molecule has 0 atom stereocenters. The van der Waals surface area contributed by atoms with Gasteiger partial charge in [0.2, 0.25) is 5.54 Å². The molecule has 0 radical (unpaired) electrons. The molecule has 0 aliphatic rings. The van der Waals surface area contributed by atoms with E-state index in [9.17, 15) is 9.59 Å². The Bertz CT molecular complexity index is 176. The average Bonchev–Trinajstić information content (AvgIpc) is 2.13. The fourth-order valence-electron chi connectivity index (χ4n) is 0.614. The van der Waals surface area contributed by atoms with E-state index in [0.29, 0.717) is 0 Å². The van der Waals surface area contributed by atoms with E-state index in [4.69, 9.17) is 11.5 Å². The molecule has 6 nitrogen and oxygen atoms in total. The predicted molar refractivity (Wildman–Crippen MR) is 40.0 cm³/mol. The molecule has 0 fully saturated rings. The molecule has 0 aromatic carbocycles. The maximum atomic E-state index is 10.9. The largest absolute Gasteiger partial charge is 0.467 e. The van der Waals surface area contributed by atoms with Gasteiger partial charge in [0.1, 0.15) is 0 Å². The van der Waals surface area contributed by atoms with Crippen molar-refractivity contribution in [2.45, 2.75) is 5.54 Å². The molecule has 0 saturated heterocycles. The highest BCUT2D eigenvalue weighted by atomic mass is 16.5. The summed E-state index contributed by atoms with van der Waals surface area (Å²) in [5.74, 6) is -1.81. The Hall–Kier alpha value is -1.14. The summed E-state index contributed by atoms with van der Waals surface area (Å²) in [5, 5.41) is 0. The number of ether oxygens (including phenoxy) is 2. The number of rotatable bonds is 3. The van der Waals surface area contributed by atoms with Gasteiger partial charge in [0.25, 0.3) is 0 Å². The van der Waals surface area contributed by atoms with Gasteiger partial charge >= 0.3 is 11.9 Å². The van der Waals surface area contributed by atoms with Crippen molar-refractivity contribution in [2.75, 3.05) is 20.8 Å². The van der Waals surface area contributed by atoms with Gasteiger partial charge in [-0.25, -0.2) is 9.59 Å². The van der Waals surface area contributed by atoms with Crippen molar-refractivity contribution < 1.29 is 19.1 Å². The number of hydrogen-bond donors (Lipinski definition) is 2. The predicted octanol–water partition coefficient (Wildman–Crippen LogP) is -2.01. The fraction of sp³-hybridized carbons (Fsp3) is 0.667. The molecule has 12 heavy (non-hydrogen) atoms. The van der Waals surface area contributed by atoms with Crippen LogP contribution < -0.4 is 11.5 Å². The second-order valence-electron chi connectivity index (χ2n) is 2.16. The van der Waals surface area contributed by atoms with Gasteiger partial charge in [-0.2, -0.15) is 0 Å². The lowest BCUT2D eigenvalue weighted by Gasteiger charge is -2.20. The van der Waals surface area contributed by atoms with Crippen LogP contribution in [-0.4, -0.2) is 38.2 Å². The highest BCUT2D eigenvalue weighted by molar-refractivity contribution is 6.04. The average molecular weight is 176 g/mol. The van der Waals surface area contributed by atoms with Crippen molar-refractivity contribution in [3.63, 3.8) is 0 Å². The van der Waals surface area contributed by atoms with Gasteiger partial charge in [-0.05, 0) is 0 Å². The summed E-state index contributed by atoms with van der Waals surface area (Å²) in [6.07, 6.45) is 0. The van der Waals surface area contributed by atoms with Crippen LogP contribution in [0, 0.1) is 0 Å². The van der Waals surface area contributed by atoms with Crippen LogP contribution in [0.1, 0.15) is 0 Å². The third-order valence-corrected chi connectivity index (χ3v) is 1.42. The monoisotopic (exact) mass is 176 g/mol. The van der Waals surface area contributed by atoms with Gasteiger partial charge in [-0.15, -0.1) is 0 Å². The molecule has 0 heterocycles. The van der Waals surface area contributed by atoms with Crippen LogP contribution in [-0.2, 0) is 19.1 Å². The molecule has 0 spiro atoms. The number of carbonyl (C=O) groups excluding carboxylic acids is 2. The molecular weight excluding hydrogens is 164 g/mol. The molecule has 0 aliphatic carbocycles. The summed E-state index contributed by atoms with van der Waals surface area (Å²) in [6, 6.07) is 0. The van der Waals surface area contributed by atoms with Crippen LogP contribution in [0.3, 0.4) is 0 Å². The Kier molecular flexibility index (Phi) is 3.65. The second kappa shape index (κ2) is 4.03. The van der Waals surface area contributed by atoms with Gasteiger partial charge < -0.3 is 20.9 Å². The van der Waals surface area contributed by atoms with E-state index in [0.717, 1.165) is 14.2 Å². The summed E-state index contributed by atoms with van der Waals surface area (Å²) < 4.78 is 8.57. The molecular formula is C6H12N2O4. The summed E-state index contributed by atoms with van der Waals surface area (Å²) >= 11 is 0. The van der Waals surface area contributed by atoms with E-state index in [1.807, 2.05) is 0 Å². The number of hydrogen-bond acceptors (Lipinski definition) is 6. The zero-order valence-corrected chi connectivity index (χ0v) is 6.99. The van der Waals surface area contributed by atoms with Crippen LogP contribution >= 0.6 is 0 Å². The summed E-state index contributed by atoms with van der Waals surface area (Å²) in [6.45, 7) is -0.355. The van der Waals surface area contributed by atoms with Crippen LogP contribution in [0.5, 0.6) is 0 Å². The van der Waals surface area contributed by atoms with Crippen molar-refractivity contribution in [1.82, 2.24) is 0 Å². The zero-order valence-electron chi connectivity index (χ0n) is 6.99. The van der Waals surface area contributed by atoms with E-state index >= 15 is 0 Å².